The highest BCUT2D eigenvalue weighted by Crippen LogP contribution is 2.23. The van der Waals surface area contributed by atoms with E-state index < -0.39 is 49.5 Å². The lowest BCUT2D eigenvalue weighted by Crippen LogP contribution is -2.60. The van der Waals surface area contributed by atoms with E-state index in [1.54, 1.807) is 6.08 Å². The molecule has 1 amide bonds. The topological polar surface area (TPSA) is 175 Å². The fourth-order valence-corrected chi connectivity index (χ4v) is 11.6. The minimum atomic E-state index is -1.57. The van der Waals surface area contributed by atoms with Crippen LogP contribution in [0.1, 0.15) is 361 Å². The number of aliphatic hydroxyl groups is 5. The van der Waals surface area contributed by atoms with Crippen LogP contribution < -0.4 is 5.32 Å². The fourth-order valence-electron chi connectivity index (χ4n) is 11.6. The minimum Gasteiger partial charge on any atom is -0.466 e. The molecule has 0 aromatic rings. The van der Waals surface area contributed by atoms with Crippen molar-refractivity contribution in [2.45, 2.75) is 403 Å². The van der Waals surface area contributed by atoms with E-state index in [-0.39, 0.29) is 18.5 Å². The van der Waals surface area contributed by atoms with E-state index >= 15 is 0 Å². The van der Waals surface area contributed by atoms with Crippen molar-refractivity contribution in [2.24, 2.45) is 0 Å². The van der Waals surface area contributed by atoms with Crippen LogP contribution >= 0.6 is 0 Å². The Labute approximate surface area is 511 Å². The van der Waals surface area contributed by atoms with Gasteiger partial charge in [0.1, 0.15) is 24.4 Å². The van der Waals surface area contributed by atoms with E-state index in [9.17, 15) is 35.1 Å². The fraction of sp³-hybridized carbons (Fsp3) is 0.917. The third-order valence-electron chi connectivity index (χ3n) is 17.3. The van der Waals surface area contributed by atoms with Crippen molar-refractivity contribution >= 4 is 11.9 Å². The van der Waals surface area contributed by atoms with Crippen LogP contribution in [0.4, 0.5) is 0 Å². The number of esters is 1. The van der Waals surface area contributed by atoms with Crippen molar-refractivity contribution < 1.29 is 49.3 Å². The molecule has 0 saturated carbocycles. The van der Waals surface area contributed by atoms with Gasteiger partial charge in [-0.15, -0.1) is 0 Å². The molecule has 0 aromatic heterocycles. The minimum absolute atomic E-state index is 0.0117. The lowest BCUT2D eigenvalue weighted by molar-refractivity contribution is -0.302. The van der Waals surface area contributed by atoms with Gasteiger partial charge in [-0.05, 0) is 57.8 Å². The van der Waals surface area contributed by atoms with E-state index in [0.29, 0.717) is 19.4 Å². The average molecular weight is 1180 g/mol. The lowest BCUT2D eigenvalue weighted by Gasteiger charge is -2.40. The first-order chi connectivity index (χ1) is 40.7. The number of aliphatic hydroxyl groups excluding tert-OH is 5. The molecular weight excluding hydrogens is 1040 g/mol. The predicted octanol–water partition coefficient (Wildman–Crippen LogP) is 18.4. The normalized spacial score (nSPS) is 18.2. The molecule has 83 heavy (non-hydrogen) atoms. The van der Waals surface area contributed by atoms with Crippen LogP contribution in [-0.4, -0.2) is 100 Å². The summed E-state index contributed by atoms with van der Waals surface area (Å²) in [6, 6.07) is -0.808. The standard InChI is InChI=1S/C72H137NO10/c1-3-5-7-9-11-13-14-15-16-17-31-34-37-40-44-48-52-56-60-68(77)81-61-57-53-49-45-41-38-35-32-29-27-25-23-21-19-18-20-22-24-26-28-30-33-36-39-43-47-51-55-59-67(76)73-64(65(75)58-54-50-46-42-12-10-8-6-4-2)63-82-72-71(80)70(79)69(78)66(62-74)83-72/h18-19,54,58,64-66,69-72,74-75,78-80H,3-17,20-53,55-57,59-63H2,1-2H3,(H,73,76)/b19-18-,58-54+. The summed E-state index contributed by atoms with van der Waals surface area (Å²) in [5, 5.41) is 54.3. The Morgan fingerprint density at radius 2 is 0.771 bits per heavy atom. The van der Waals surface area contributed by atoms with Crippen molar-refractivity contribution in [1.29, 1.82) is 0 Å². The van der Waals surface area contributed by atoms with Crippen molar-refractivity contribution in [3.05, 3.63) is 24.3 Å². The molecule has 1 fully saturated rings. The van der Waals surface area contributed by atoms with Crippen LogP contribution in [0.3, 0.4) is 0 Å². The number of carbonyl (C=O) groups excluding carboxylic acids is 2. The number of hydrogen-bond acceptors (Lipinski definition) is 10. The highest BCUT2D eigenvalue weighted by atomic mass is 16.7. The van der Waals surface area contributed by atoms with Crippen LogP contribution in [0.15, 0.2) is 24.3 Å². The maximum Gasteiger partial charge on any atom is 0.305 e. The molecule has 490 valence electrons. The molecule has 11 nitrogen and oxygen atoms in total. The smallest absolute Gasteiger partial charge is 0.305 e. The number of ether oxygens (including phenoxy) is 3. The molecule has 1 heterocycles. The van der Waals surface area contributed by atoms with Crippen LogP contribution in [0, 0.1) is 0 Å². The Hall–Kier alpha value is -1.86. The molecule has 0 aliphatic carbocycles. The van der Waals surface area contributed by atoms with Gasteiger partial charge in [-0.3, -0.25) is 9.59 Å². The molecule has 1 saturated heterocycles. The average Bonchev–Trinajstić information content (AvgIpc) is 3.57. The number of unbranched alkanes of at least 4 members (excludes halogenated alkanes) is 48. The molecule has 1 aliphatic rings. The zero-order valence-electron chi connectivity index (χ0n) is 54.4. The summed E-state index contributed by atoms with van der Waals surface area (Å²) in [4.78, 5) is 25.1. The Kier molecular flexibility index (Phi) is 58.9. The van der Waals surface area contributed by atoms with E-state index in [1.165, 1.54) is 283 Å². The molecule has 7 atom stereocenters. The molecular formula is C72H137NO10. The monoisotopic (exact) mass is 1180 g/mol. The van der Waals surface area contributed by atoms with E-state index in [4.69, 9.17) is 14.2 Å². The van der Waals surface area contributed by atoms with Gasteiger partial charge in [0.2, 0.25) is 5.91 Å². The molecule has 0 bridgehead atoms. The summed E-state index contributed by atoms with van der Waals surface area (Å²) in [5.41, 5.74) is 0. The van der Waals surface area contributed by atoms with Crippen molar-refractivity contribution in [3.63, 3.8) is 0 Å². The van der Waals surface area contributed by atoms with Crippen molar-refractivity contribution in [2.75, 3.05) is 19.8 Å². The van der Waals surface area contributed by atoms with Crippen molar-refractivity contribution in [3.8, 4) is 0 Å². The number of rotatable bonds is 64. The number of amides is 1. The SMILES string of the molecule is CCCCCCCCC/C=C/C(O)C(COC1OC(CO)C(O)C(O)C1O)NC(=O)CCCCCCCCCCCCCC/C=C\CCCCCCCCCCCCCCOC(=O)CCCCCCCCCCCCCCCCCCCC. The summed E-state index contributed by atoms with van der Waals surface area (Å²) in [6.07, 6.45) is 67.6. The molecule has 1 aliphatic heterocycles. The zero-order valence-corrected chi connectivity index (χ0v) is 54.4. The van der Waals surface area contributed by atoms with Crippen LogP contribution in [0.25, 0.3) is 0 Å². The van der Waals surface area contributed by atoms with Gasteiger partial charge in [-0.1, -0.05) is 314 Å². The van der Waals surface area contributed by atoms with Gasteiger partial charge in [0.05, 0.1) is 32.0 Å². The first-order valence-corrected chi connectivity index (χ1v) is 36.1. The summed E-state index contributed by atoms with van der Waals surface area (Å²) in [7, 11) is 0. The molecule has 6 N–H and O–H groups in total. The molecule has 0 radical (unpaired) electrons. The first kappa shape index (κ1) is 79.2. The van der Waals surface area contributed by atoms with Gasteiger partial charge < -0.3 is 45.1 Å². The van der Waals surface area contributed by atoms with E-state index in [0.717, 1.165) is 51.4 Å². The molecule has 7 unspecified atom stereocenters. The Balaban J connectivity index is 1.90. The Bertz CT molecular complexity index is 1430. The largest absolute Gasteiger partial charge is 0.466 e. The summed E-state index contributed by atoms with van der Waals surface area (Å²) in [6.45, 7) is 4.35. The number of allylic oxidation sites excluding steroid dienone is 3. The summed E-state index contributed by atoms with van der Waals surface area (Å²) in [5.74, 6) is -0.170. The first-order valence-electron chi connectivity index (χ1n) is 36.1. The van der Waals surface area contributed by atoms with Gasteiger partial charge in [0, 0.05) is 12.8 Å². The van der Waals surface area contributed by atoms with Gasteiger partial charge in [-0.25, -0.2) is 0 Å². The van der Waals surface area contributed by atoms with Crippen LogP contribution in [0.5, 0.6) is 0 Å². The summed E-state index contributed by atoms with van der Waals surface area (Å²) >= 11 is 0. The zero-order chi connectivity index (χ0) is 60.2. The second-order valence-electron chi connectivity index (χ2n) is 25.3. The van der Waals surface area contributed by atoms with Crippen molar-refractivity contribution in [1.82, 2.24) is 5.32 Å². The second-order valence-corrected chi connectivity index (χ2v) is 25.3. The predicted molar refractivity (Wildman–Crippen MR) is 348 cm³/mol. The number of nitrogens with one attached hydrogen (secondary N) is 1. The number of hydrogen-bond donors (Lipinski definition) is 6. The second kappa shape index (κ2) is 61.8. The molecule has 0 spiro atoms. The lowest BCUT2D eigenvalue weighted by atomic mass is 9.99. The Morgan fingerprint density at radius 1 is 0.434 bits per heavy atom. The van der Waals surface area contributed by atoms with E-state index in [2.05, 4.69) is 31.3 Å². The van der Waals surface area contributed by atoms with Gasteiger partial charge in [0.25, 0.3) is 0 Å². The molecule has 1 rings (SSSR count). The van der Waals surface area contributed by atoms with Gasteiger partial charge >= 0.3 is 5.97 Å². The third-order valence-corrected chi connectivity index (χ3v) is 17.3. The molecule has 11 heteroatoms. The van der Waals surface area contributed by atoms with Crippen LogP contribution in [0.2, 0.25) is 0 Å². The van der Waals surface area contributed by atoms with Gasteiger partial charge in [0.15, 0.2) is 6.29 Å². The molecule has 0 aromatic carbocycles. The maximum atomic E-state index is 13.0. The van der Waals surface area contributed by atoms with Gasteiger partial charge in [-0.2, -0.15) is 0 Å². The van der Waals surface area contributed by atoms with E-state index in [1.807, 2.05) is 6.08 Å². The summed E-state index contributed by atoms with van der Waals surface area (Å²) < 4.78 is 16.7. The number of carbonyl (C=O) groups is 2. The highest BCUT2D eigenvalue weighted by Gasteiger charge is 2.44. The maximum absolute atomic E-state index is 13.0. The Morgan fingerprint density at radius 3 is 1.16 bits per heavy atom. The van der Waals surface area contributed by atoms with Crippen LogP contribution in [-0.2, 0) is 23.8 Å². The quantitative estimate of drug-likeness (QED) is 0.0195. The highest BCUT2D eigenvalue weighted by molar-refractivity contribution is 5.76. The third kappa shape index (κ3) is 50.8.